The van der Waals surface area contributed by atoms with Crippen LogP contribution in [0.25, 0.3) is 0 Å². The minimum atomic E-state index is -0.192. The Labute approximate surface area is 111 Å². The Morgan fingerprint density at radius 1 is 0.875 bits per heavy atom. The first kappa shape index (κ1) is 16.3. The number of hydrogen-bond acceptors (Lipinski definition) is 8. The van der Waals surface area contributed by atoms with Crippen LogP contribution >= 0.6 is 41.2 Å². The van der Waals surface area contributed by atoms with E-state index in [-0.39, 0.29) is 11.9 Å². The fourth-order valence-electron chi connectivity index (χ4n) is 0.462. The average Bonchev–Trinajstić information content (AvgIpc) is 2.31. The summed E-state index contributed by atoms with van der Waals surface area (Å²) in [6.45, 7) is 3.51. The third kappa shape index (κ3) is 10.8. The number of carbonyl (C=O) groups excluding carboxylic acids is 2. The van der Waals surface area contributed by atoms with Gasteiger partial charge in [-0.25, -0.2) is 0 Å². The second-order valence-electron chi connectivity index (χ2n) is 2.35. The van der Waals surface area contributed by atoms with E-state index in [0.29, 0.717) is 24.7 Å². The van der Waals surface area contributed by atoms with Crippen LogP contribution in [0, 0.1) is 0 Å². The van der Waals surface area contributed by atoms with Crippen molar-refractivity contribution in [1.29, 1.82) is 0 Å². The smallest absolute Gasteiger partial charge is 0.306 e. The topological polar surface area (TPSA) is 52.6 Å². The summed E-state index contributed by atoms with van der Waals surface area (Å²) in [5, 5.41) is 0. The van der Waals surface area contributed by atoms with Crippen molar-refractivity contribution in [1.82, 2.24) is 0 Å². The van der Waals surface area contributed by atoms with Gasteiger partial charge in [0.2, 0.25) is 0 Å². The third-order valence-corrected chi connectivity index (χ3v) is 6.97. The van der Waals surface area contributed by atoms with E-state index in [4.69, 9.17) is 9.47 Å². The van der Waals surface area contributed by atoms with E-state index in [1.54, 1.807) is 13.8 Å². The van der Waals surface area contributed by atoms with Crippen LogP contribution < -0.4 is 0 Å². The lowest BCUT2D eigenvalue weighted by Gasteiger charge is -2.02. The molecule has 0 spiro atoms. The van der Waals surface area contributed by atoms with Gasteiger partial charge >= 0.3 is 11.9 Å². The highest BCUT2D eigenvalue weighted by molar-refractivity contribution is 9.26. The highest BCUT2D eigenvalue weighted by Crippen LogP contribution is 2.42. The van der Waals surface area contributed by atoms with Crippen molar-refractivity contribution in [2.24, 2.45) is 0 Å². The van der Waals surface area contributed by atoms with E-state index in [1.807, 2.05) is 0 Å². The van der Waals surface area contributed by atoms with Crippen molar-refractivity contribution in [3.8, 4) is 0 Å². The van der Waals surface area contributed by atoms with Gasteiger partial charge in [0.25, 0.3) is 0 Å². The van der Waals surface area contributed by atoms with Crippen LogP contribution in [0.15, 0.2) is 0 Å². The Morgan fingerprint density at radius 3 is 1.56 bits per heavy atom. The predicted octanol–water partition coefficient (Wildman–Crippen LogP) is 3.49. The van der Waals surface area contributed by atoms with Gasteiger partial charge in [0, 0.05) is 12.8 Å². The molecule has 0 aliphatic rings. The normalized spacial score (nSPS) is 9.88. The lowest BCUT2D eigenvalue weighted by atomic mass is 10.5. The molecule has 16 heavy (non-hydrogen) atoms. The molecule has 0 saturated heterocycles. The maximum atomic E-state index is 10.7. The molecular formula is C8H14O4S4. The summed E-state index contributed by atoms with van der Waals surface area (Å²) in [5.41, 5.74) is 0. The zero-order valence-corrected chi connectivity index (χ0v) is 12.4. The molecule has 0 aromatic carbocycles. The summed E-state index contributed by atoms with van der Waals surface area (Å²) in [6, 6.07) is 0. The molecular weight excluding hydrogens is 288 g/mol. The monoisotopic (exact) mass is 302 g/mol. The Morgan fingerprint density at radius 2 is 1.25 bits per heavy atom. The Balaban J connectivity index is 3.10. The molecule has 0 saturated carbocycles. The summed E-state index contributed by atoms with van der Waals surface area (Å²) in [6.07, 6.45) is 0.806. The number of hydrogen-bond donors (Lipinski definition) is 0. The molecule has 0 atom stereocenters. The van der Waals surface area contributed by atoms with E-state index < -0.39 is 0 Å². The summed E-state index contributed by atoms with van der Waals surface area (Å²) in [4.78, 5) is 21.5. The van der Waals surface area contributed by atoms with Crippen LogP contribution in [0.5, 0.6) is 0 Å². The number of rotatable bonds is 9. The molecule has 94 valence electrons. The molecule has 0 heterocycles. The molecule has 0 aliphatic carbocycles. The van der Waals surface area contributed by atoms with Crippen molar-refractivity contribution >= 4 is 53.2 Å². The van der Waals surface area contributed by atoms with Crippen molar-refractivity contribution in [3.05, 3.63) is 0 Å². The van der Waals surface area contributed by atoms with Crippen LogP contribution in [-0.2, 0) is 19.1 Å². The average molecular weight is 302 g/mol. The fourth-order valence-corrected chi connectivity index (χ4v) is 5.27. The van der Waals surface area contributed by atoms with E-state index in [0.717, 1.165) is 0 Å². The lowest BCUT2D eigenvalue weighted by Crippen LogP contribution is -2.00. The van der Waals surface area contributed by atoms with Crippen LogP contribution in [-0.4, -0.2) is 23.8 Å². The third-order valence-electron chi connectivity index (χ3n) is 1.24. The summed E-state index contributed by atoms with van der Waals surface area (Å²) in [7, 11) is 5.86. The fraction of sp³-hybridized carbons (Fsp3) is 0.750. The molecule has 0 amide bonds. The van der Waals surface area contributed by atoms with Gasteiger partial charge in [0.1, 0.15) is 11.9 Å². The summed E-state index contributed by atoms with van der Waals surface area (Å²) < 4.78 is 9.70. The summed E-state index contributed by atoms with van der Waals surface area (Å²) in [5.74, 6) is 0.310. The van der Waals surface area contributed by atoms with Crippen molar-refractivity contribution in [2.45, 2.75) is 26.7 Å². The first-order valence-corrected chi connectivity index (χ1v) is 9.75. The molecule has 0 N–H and O–H groups in total. The SMILES string of the molecule is CCC(=O)OCSSSSCOC(=O)CC. The van der Waals surface area contributed by atoms with Gasteiger partial charge in [-0.1, -0.05) is 13.8 Å². The minimum Gasteiger partial charge on any atom is -0.454 e. The number of ether oxygens (including phenoxy) is 2. The van der Waals surface area contributed by atoms with Gasteiger partial charge in [-0.15, -0.1) is 0 Å². The first-order chi connectivity index (χ1) is 7.70. The van der Waals surface area contributed by atoms with Crippen LogP contribution in [0.3, 0.4) is 0 Å². The van der Waals surface area contributed by atoms with Gasteiger partial charge in [0.05, 0.1) is 0 Å². The molecule has 0 aliphatic heterocycles. The lowest BCUT2D eigenvalue weighted by molar-refractivity contribution is -0.141. The minimum absolute atomic E-state index is 0.192. The molecule has 0 aromatic heterocycles. The van der Waals surface area contributed by atoms with Crippen LogP contribution in [0.2, 0.25) is 0 Å². The highest BCUT2D eigenvalue weighted by Gasteiger charge is 2.00. The van der Waals surface area contributed by atoms with Gasteiger partial charge in [-0.2, -0.15) is 0 Å². The van der Waals surface area contributed by atoms with Crippen LogP contribution in [0.1, 0.15) is 26.7 Å². The Hall–Kier alpha value is 0.340. The summed E-state index contributed by atoms with van der Waals surface area (Å²) >= 11 is 0. The van der Waals surface area contributed by atoms with E-state index in [9.17, 15) is 9.59 Å². The maximum Gasteiger partial charge on any atom is 0.306 e. The standard InChI is InChI=1S/C8H14O4S4/c1-3-7(9)11-5-13-15-16-14-6-12-8(10)4-2/h3-6H2,1-2H3. The van der Waals surface area contributed by atoms with Gasteiger partial charge in [-0.3, -0.25) is 9.59 Å². The molecule has 0 unspecified atom stereocenters. The second-order valence-corrected chi connectivity index (χ2v) is 8.24. The van der Waals surface area contributed by atoms with E-state index >= 15 is 0 Å². The molecule has 8 heteroatoms. The second kappa shape index (κ2) is 11.8. The number of carbonyl (C=O) groups is 2. The van der Waals surface area contributed by atoms with Crippen molar-refractivity contribution in [2.75, 3.05) is 11.9 Å². The molecule has 0 rings (SSSR count). The van der Waals surface area contributed by atoms with Gasteiger partial charge in [0.15, 0.2) is 0 Å². The van der Waals surface area contributed by atoms with Crippen molar-refractivity contribution < 1.29 is 19.1 Å². The van der Waals surface area contributed by atoms with Crippen LogP contribution in [0.4, 0.5) is 0 Å². The number of esters is 2. The Kier molecular flexibility index (Phi) is 12.1. The van der Waals surface area contributed by atoms with E-state index in [2.05, 4.69) is 0 Å². The zero-order valence-electron chi connectivity index (χ0n) is 9.09. The van der Waals surface area contributed by atoms with Gasteiger partial charge in [-0.05, 0) is 41.2 Å². The van der Waals surface area contributed by atoms with Crippen molar-refractivity contribution in [3.63, 3.8) is 0 Å². The highest BCUT2D eigenvalue weighted by atomic mass is 33.7. The maximum absolute atomic E-state index is 10.7. The Bertz CT molecular complexity index is 190. The van der Waals surface area contributed by atoms with Gasteiger partial charge < -0.3 is 9.47 Å². The van der Waals surface area contributed by atoms with E-state index in [1.165, 1.54) is 41.2 Å². The zero-order chi connectivity index (χ0) is 12.2. The molecule has 0 aromatic rings. The quantitative estimate of drug-likeness (QED) is 0.278. The molecule has 0 bridgehead atoms. The largest absolute Gasteiger partial charge is 0.454 e. The molecule has 4 nitrogen and oxygen atoms in total. The predicted molar refractivity (Wildman–Crippen MR) is 72.9 cm³/mol. The molecule has 0 fully saturated rings. The first-order valence-electron chi connectivity index (χ1n) is 4.59. The molecule has 0 radical (unpaired) electrons.